The lowest BCUT2D eigenvalue weighted by molar-refractivity contribution is -0.130. The third-order valence-corrected chi connectivity index (χ3v) is 5.25. The van der Waals surface area contributed by atoms with Gasteiger partial charge in [-0.15, -0.1) is 0 Å². The van der Waals surface area contributed by atoms with Crippen LogP contribution in [0.25, 0.3) is 10.8 Å². The van der Waals surface area contributed by atoms with Crippen molar-refractivity contribution >= 4 is 22.5 Å². The first kappa shape index (κ1) is 19.0. The van der Waals surface area contributed by atoms with Gasteiger partial charge in [0.15, 0.2) is 11.5 Å². The highest BCUT2D eigenvalue weighted by Crippen LogP contribution is 2.43. The van der Waals surface area contributed by atoms with Gasteiger partial charge in [-0.3, -0.25) is 9.59 Å². The van der Waals surface area contributed by atoms with Crippen LogP contribution in [-0.4, -0.2) is 21.7 Å². The van der Waals surface area contributed by atoms with Gasteiger partial charge in [-0.05, 0) is 28.5 Å². The molecular weight excluding hydrogens is 366 g/mol. The number of fused-ring (bicyclic) bond motifs is 1. The molecule has 0 saturated carbocycles. The lowest BCUT2D eigenvalue weighted by atomic mass is 9.81. The van der Waals surface area contributed by atoms with Crippen LogP contribution in [0.2, 0.25) is 0 Å². The zero-order valence-corrected chi connectivity index (χ0v) is 16.7. The number of rotatable bonds is 4. The van der Waals surface area contributed by atoms with Gasteiger partial charge in [-0.1, -0.05) is 63.2 Å². The molecule has 29 heavy (non-hydrogen) atoms. The van der Waals surface area contributed by atoms with E-state index in [1.807, 2.05) is 42.5 Å². The van der Waals surface area contributed by atoms with Crippen LogP contribution in [0.5, 0.6) is 0 Å². The molecule has 2 heterocycles. The number of aliphatic hydroxyl groups excluding tert-OH is 1. The zero-order valence-electron chi connectivity index (χ0n) is 16.7. The summed E-state index contributed by atoms with van der Waals surface area (Å²) in [7, 11) is 0. The summed E-state index contributed by atoms with van der Waals surface area (Å²) in [6.07, 6.45) is 1.54. The first-order chi connectivity index (χ1) is 13.8. The number of furan rings is 1. The van der Waals surface area contributed by atoms with Gasteiger partial charge in [0.05, 0.1) is 24.4 Å². The normalized spacial score (nSPS) is 17.4. The zero-order chi connectivity index (χ0) is 20.8. The van der Waals surface area contributed by atoms with Crippen molar-refractivity contribution in [1.82, 2.24) is 4.90 Å². The molecule has 1 aliphatic heterocycles. The molecule has 1 unspecified atom stereocenters. The SMILES string of the molecule is CC(C)(C)C(=O)C1=C(O)C(=O)N(Cc2ccco2)C1c1cccc2ccccc12. The fraction of sp³-hybridized carbons (Fsp3) is 0.250. The number of nitrogens with zero attached hydrogens (tertiary/aromatic N) is 1. The minimum atomic E-state index is -0.743. The maximum Gasteiger partial charge on any atom is 0.290 e. The summed E-state index contributed by atoms with van der Waals surface area (Å²) >= 11 is 0. The molecule has 0 fully saturated rings. The Bertz CT molecular complexity index is 1110. The van der Waals surface area contributed by atoms with Crippen LogP contribution in [-0.2, 0) is 16.1 Å². The highest BCUT2D eigenvalue weighted by Gasteiger charge is 2.46. The van der Waals surface area contributed by atoms with Crippen molar-refractivity contribution in [2.24, 2.45) is 5.41 Å². The molecule has 2 aromatic carbocycles. The first-order valence-electron chi connectivity index (χ1n) is 9.58. The lowest BCUT2D eigenvalue weighted by Gasteiger charge is -2.29. The number of hydrogen-bond donors (Lipinski definition) is 1. The van der Waals surface area contributed by atoms with Crippen molar-refractivity contribution in [3.63, 3.8) is 0 Å². The Hall–Kier alpha value is -3.34. The average Bonchev–Trinajstić information content (AvgIpc) is 3.29. The average molecular weight is 389 g/mol. The molecule has 1 atom stereocenters. The molecule has 0 spiro atoms. The predicted molar refractivity (Wildman–Crippen MR) is 110 cm³/mol. The van der Waals surface area contributed by atoms with Crippen molar-refractivity contribution in [2.45, 2.75) is 33.4 Å². The number of carbonyl (C=O) groups excluding carboxylic acids is 2. The lowest BCUT2D eigenvalue weighted by Crippen LogP contribution is -2.32. The Morgan fingerprint density at radius 3 is 2.48 bits per heavy atom. The Morgan fingerprint density at radius 1 is 1.07 bits per heavy atom. The minimum absolute atomic E-state index is 0.144. The summed E-state index contributed by atoms with van der Waals surface area (Å²) in [5, 5.41) is 12.7. The monoisotopic (exact) mass is 389 g/mol. The second-order valence-corrected chi connectivity index (χ2v) is 8.32. The number of ketones is 1. The maximum absolute atomic E-state index is 13.3. The second kappa shape index (κ2) is 6.92. The topological polar surface area (TPSA) is 70.8 Å². The second-order valence-electron chi connectivity index (χ2n) is 8.32. The first-order valence-corrected chi connectivity index (χ1v) is 9.58. The summed E-state index contributed by atoms with van der Waals surface area (Å²) in [6, 6.07) is 16.5. The van der Waals surface area contributed by atoms with Crippen LogP contribution in [0.1, 0.15) is 38.1 Å². The fourth-order valence-electron chi connectivity index (χ4n) is 3.84. The maximum atomic E-state index is 13.3. The van der Waals surface area contributed by atoms with Crippen molar-refractivity contribution < 1.29 is 19.1 Å². The number of benzene rings is 2. The van der Waals surface area contributed by atoms with E-state index in [0.29, 0.717) is 5.76 Å². The number of aliphatic hydroxyl groups is 1. The van der Waals surface area contributed by atoms with Gasteiger partial charge in [0.25, 0.3) is 5.91 Å². The van der Waals surface area contributed by atoms with Gasteiger partial charge in [0.1, 0.15) is 5.76 Å². The van der Waals surface area contributed by atoms with Crippen LogP contribution in [0.3, 0.4) is 0 Å². The van der Waals surface area contributed by atoms with E-state index in [4.69, 9.17) is 4.42 Å². The number of amides is 1. The Kier molecular flexibility index (Phi) is 4.53. The molecule has 4 rings (SSSR count). The number of carbonyl (C=O) groups is 2. The molecule has 1 aromatic heterocycles. The molecule has 5 heteroatoms. The minimum Gasteiger partial charge on any atom is -0.503 e. The van der Waals surface area contributed by atoms with Crippen LogP contribution in [0.15, 0.2) is 76.6 Å². The van der Waals surface area contributed by atoms with Gasteiger partial charge < -0.3 is 14.4 Å². The van der Waals surface area contributed by atoms with Crippen molar-refractivity contribution in [3.05, 3.63) is 83.5 Å². The standard InChI is InChI=1S/C24H23NO4/c1-24(2,3)22(27)19-20(18-12-6-9-15-8-4-5-11-17(15)18)25(23(28)21(19)26)14-16-10-7-13-29-16/h4-13,20,26H,14H2,1-3H3. The summed E-state index contributed by atoms with van der Waals surface area (Å²) in [6.45, 7) is 5.52. The van der Waals surface area contributed by atoms with E-state index >= 15 is 0 Å². The number of hydrogen-bond acceptors (Lipinski definition) is 4. The van der Waals surface area contributed by atoms with E-state index in [1.54, 1.807) is 32.9 Å². The third-order valence-electron chi connectivity index (χ3n) is 5.25. The van der Waals surface area contributed by atoms with Crippen LogP contribution in [0, 0.1) is 5.41 Å². The van der Waals surface area contributed by atoms with Crippen LogP contribution < -0.4 is 0 Å². The van der Waals surface area contributed by atoms with E-state index in [9.17, 15) is 14.7 Å². The van der Waals surface area contributed by atoms with Crippen LogP contribution >= 0.6 is 0 Å². The summed E-state index contributed by atoms with van der Waals surface area (Å²) in [5.41, 5.74) is 0.206. The van der Waals surface area contributed by atoms with Crippen LogP contribution in [0.4, 0.5) is 0 Å². The van der Waals surface area contributed by atoms with Gasteiger partial charge in [0, 0.05) is 5.41 Å². The predicted octanol–water partition coefficient (Wildman–Crippen LogP) is 4.94. The highest BCUT2D eigenvalue weighted by atomic mass is 16.3. The summed E-state index contributed by atoms with van der Waals surface area (Å²) < 4.78 is 5.43. The van der Waals surface area contributed by atoms with Gasteiger partial charge >= 0.3 is 0 Å². The molecule has 3 aromatic rings. The van der Waals surface area contributed by atoms with E-state index < -0.39 is 23.1 Å². The van der Waals surface area contributed by atoms with E-state index in [2.05, 4.69) is 0 Å². The molecule has 0 aliphatic carbocycles. The molecular formula is C24H23NO4. The van der Waals surface area contributed by atoms with Gasteiger partial charge in [0.2, 0.25) is 0 Å². The van der Waals surface area contributed by atoms with Crippen molar-refractivity contribution in [3.8, 4) is 0 Å². The summed E-state index contributed by atoms with van der Waals surface area (Å²) in [5.74, 6) is -0.703. The van der Waals surface area contributed by atoms with Crippen molar-refractivity contribution in [1.29, 1.82) is 0 Å². The largest absolute Gasteiger partial charge is 0.503 e. The van der Waals surface area contributed by atoms with Crippen molar-refractivity contribution in [2.75, 3.05) is 0 Å². The molecule has 1 amide bonds. The fourth-order valence-corrected chi connectivity index (χ4v) is 3.84. The molecule has 0 bridgehead atoms. The Balaban J connectivity index is 1.92. The molecule has 148 valence electrons. The molecule has 0 saturated heterocycles. The van der Waals surface area contributed by atoms with E-state index in [0.717, 1.165) is 16.3 Å². The molecule has 1 aliphatic rings. The smallest absolute Gasteiger partial charge is 0.290 e. The number of Topliss-reactive ketones (excluding diaryl/α,β-unsaturated/α-hetero) is 1. The highest BCUT2D eigenvalue weighted by molar-refractivity contribution is 6.11. The quantitative estimate of drug-likeness (QED) is 0.686. The van der Waals surface area contributed by atoms with E-state index in [-0.39, 0.29) is 17.9 Å². The molecule has 5 nitrogen and oxygen atoms in total. The Labute approximate surface area is 169 Å². The molecule has 1 N–H and O–H groups in total. The van der Waals surface area contributed by atoms with E-state index in [1.165, 1.54) is 11.2 Å². The summed E-state index contributed by atoms with van der Waals surface area (Å²) in [4.78, 5) is 27.8. The van der Waals surface area contributed by atoms with Gasteiger partial charge in [-0.2, -0.15) is 0 Å². The molecule has 0 radical (unpaired) electrons. The third kappa shape index (κ3) is 3.23. The van der Waals surface area contributed by atoms with Gasteiger partial charge in [-0.25, -0.2) is 0 Å². The Morgan fingerprint density at radius 2 is 1.79 bits per heavy atom.